The van der Waals surface area contributed by atoms with Crippen molar-refractivity contribution >= 4 is 22.4 Å². The molecule has 6 heteroatoms. The third kappa shape index (κ3) is 4.09. The number of anilines is 1. The Bertz CT molecular complexity index is 670. The average molecular weight is 288 g/mol. The van der Waals surface area contributed by atoms with E-state index in [1.807, 2.05) is 0 Å². The Balaban J connectivity index is 1.96. The summed E-state index contributed by atoms with van der Waals surface area (Å²) < 4.78 is 0. The summed E-state index contributed by atoms with van der Waals surface area (Å²) in [6.45, 7) is -0.211. The summed E-state index contributed by atoms with van der Waals surface area (Å²) in [5.74, 6) is 5.14. The number of nitrogens with zero attached hydrogens (tertiary/aromatic N) is 1. The van der Waals surface area contributed by atoms with Crippen LogP contribution in [0.5, 0.6) is 5.75 Å². The summed E-state index contributed by atoms with van der Waals surface area (Å²) in [6, 6.07) is 6.54. The molecule has 0 bridgehead atoms. The molecule has 0 aliphatic carbocycles. The van der Waals surface area contributed by atoms with Gasteiger partial charge in [0.15, 0.2) is 5.13 Å². The molecule has 1 aromatic heterocycles. The van der Waals surface area contributed by atoms with Crippen molar-refractivity contribution in [1.82, 2.24) is 4.98 Å². The zero-order valence-corrected chi connectivity index (χ0v) is 11.3. The summed E-state index contributed by atoms with van der Waals surface area (Å²) in [7, 11) is 0. The van der Waals surface area contributed by atoms with E-state index in [2.05, 4.69) is 22.1 Å². The Morgan fingerprint density at radius 2 is 2.30 bits per heavy atom. The zero-order chi connectivity index (χ0) is 14.4. The van der Waals surface area contributed by atoms with Crippen molar-refractivity contribution in [3.8, 4) is 17.6 Å². The van der Waals surface area contributed by atoms with Gasteiger partial charge in [-0.15, -0.1) is 0 Å². The molecule has 20 heavy (non-hydrogen) atoms. The minimum atomic E-state index is -0.216. The first-order chi connectivity index (χ1) is 9.67. The SMILES string of the molecule is O=C(Cc1cccc(O)c1)Nc1ncc(C#CCO)s1. The number of rotatable bonds is 3. The summed E-state index contributed by atoms with van der Waals surface area (Å²) in [5, 5.41) is 21.0. The highest BCUT2D eigenvalue weighted by Crippen LogP contribution is 2.18. The van der Waals surface area contributed by atoms with Gasteiger partial charge in [0.25, 0.3) is 0 Å². The highest BCUT2D eigenvalue weighted by Gasteiger charge is 2.07. The molecule has 1 amide bonds. The largest absolute Gasteiger partial charge is 0.508 e. The van der Waals surface area contributed by atoms with Crippen molar-refractivity contribution in [2.75, 3.05) is 11.9 Å². The Labute approximate surface area is 119 Å². The molecule has 2 rings (SSSR count). The second-order valence-electron chi connectivity index (χ2n) is 3.88. The molecule has 0 radical (unpaired) electrons. The third-order valence-electron chi connectivity index (χ3n) is 2.32. The molecule has 3 N–H and O–H groups in total. The number of hydrogen-bond acceptors (Lipinski definition) is 5. The number of hydrogen-bond donors (Lipinski definition) is 3. The highest BCUT2D eigenvalue weighted by molar-refractivity contribution is 7.16. The normalized spacial score (nSPS) is 9.65. The van der Waals surface area contributed by atoms with E-state index < -0.39 is 0 Å². The molecule has 0 fully saturated rings. The van der Waals surface area contributed by atoms with Gasteiger partial charge < -0.3 is 15.5 Å². The predicted octanol–water partition coefficient (Wildman–Crippen LogP) is 1.37. The lowest BCUT2D eigenvalue weighted by Gasteiger charge is -2.02. The highest BCUT2D eigenvalue weighted by atomic mass is 32.1. The van der Waals surface area contributed by atoms with Gasteiger partial charge in [-0.3, -0.25) is 4.79 Å². The summed E-state index contributed by atoms with van der Waals surface area (Å²) >= 11 is 1.24. The number of thiazole rings is 1. The van der Waals surface area contributed by atoms with Crippen LogP contribution in [-0.2, 0) is 11.2 Å². The van der Waals surface area contributed by atoms with Crippen molar-refractivity contribution in [2.24, 2.45) is 0 Å². The Hall–Kier alpha value is -2.36. The first-order valence-corrected chi connectivity index (χ1v) is 6.62. The average Bonchev–Trinajstić information content (AvgIpc) is 2.83. The Morgan fingerprint density at radius 3 is 3.05 bits per heavy atom. The van der Waals surface area contributed by atoms with Crippen LogP contribution in [0.4, 0.5) is 5.13 Å². The number of aliphatic hydroxyl groups is 1. The molecule has 1 heterocycles. The van der Waals surface area contributed by atoms with Crippen molar-refractivity contribution in [3.63, 3.8) is 0 Å². The second-order valence-corrected chi connectivity index (χ2v) is 4.92. The van der Waals surface area contributed by atoms with Crippen LogP contribution in [0.2, 0.25) is 0 Å². The molecule has 5 nitrogen and oxygen atoms in total. The maximum Gasteiger partial charge on any atom is 0.230 e. The van der Waals surface area contributed by atoms with E-state index in [0.29, 0.717) is 10.0 Å². The molecule has 1 aromatic carbocycles. The molecule has 0 spiro atoms. The van der Waals surface area contributed by atoms with Crippen LogP contribution in [0.1, 0.15) is 10.4 Å². The molecular weight excluding hydrogens is 276 g/mol. The molecule has 0 saturated carbocycles. The first kappa shape index (κ1) is 14.1. The van der Waals surface area contributed by atoms with Gasteiger partial charge in [0.05, 0.1) is 17.5 Å². The number of carbonyl (C=O) groups is 1. The third-order valence-corrected chi connectivity index (χ3v) is 3.15. The topological polar surface area (TPSA) is 82.5 Å². The number of benzene rings is 1. The van der Waals surface area contributed by atoms with Crippen LogP contribution in [-0.4, -0.2) is 27.7 Å². The van der Waals surface area contributed by atoms with E-state index in [1.54, 1.807) is 24.3 Å². The van der Waals surface area contributed by atoms with Gasteiger partial charge in [-0.25, -0.2) is 4.98 Å². The molecule has 102 valence electrons. The summed E-state index contributed by atoms with van der Waals surface area (Å²) in [4.78, 5) is 16.5. The van der Waals surface area contributed by atoms with E-state index >= 15 is 0 Å². The number of nitrogens with one attached hydrogen (secondary N) is 1. The van der Waals surface area contributed by atoms with Gasteiger partial charge in [-0.05, 0) is 17.7 Å². The van der Waals surface area contributed by atoms with E-state index in [9.17, 15) is 9.90 Å². The van der Waals surface area contributed by atoms with Gasteiger partial charge in [0.2, 0.25) is 5.91 Å². The minimum Gasteiger partial charge on any atom is -0.508 e. The molecule has 0 unspecified atom stereocenters. The number of phenols is 1. The maximum absolute atomic E-state index is 11.8. The molecule has 0 aliphatic rings. The Morgan fingerprint density at radius 1 is 1.45 bits per heavy atom. The van der Waals surface area contributed by atoms with Crippen LogP contribution in [0.3, 0.4) is 0 Å². The van der Waals surface area contributed by atoms with E-state index in [0.717, 1.165) is 5.56 Å². The number of amides is 1. The lowest BCUT2D eigenvalue weighted by atomic mass is 10.1. The van der Waals surface area contributed by atoms with Crippen LogP contribution >= 0.6 is 11.3 Å². The standard InChI is InChI=1S/C14H12N2O3S/c17-6-2-5-12-9-15-14(20-12)16-13(19)8-10-3-1-4-11(18)7-10/h1,3-4,7,9,17-18H,6,8H2,(H,15,16,19). The quantitative estimate of drug-likeness (QED) is 0.745. The first-order valence-electron chi connectivity index (χ1n) is 5.80. The number of aliphatic hydroxyl groups excluding tert-OH is 1. The fourth-order valence-electron chi connectivity index (χ4n) is 1.53. The second kappa shape index (κ2) is 6.70. The summed E-state index contributed by atoms with van der Waals surface area (Å²) in [5.41, 5.74) is 0.722. The van der Waals surface area contributed by atoms with Gasteiger partial charge in [0, 0.05) is 0 Å². The van der Waals surface area contributed by atoms with Gasteiger partial charge in [-0.1, -0.05) is 35.3 Å². The molecule has 0 saturated heterocycles. The van der Waals surface area contributed by atoms with E-state index in [1.165, 1.54) is 17.5 Å². The van der Waals surface area contributed by atoms with Gasteiger partial charge in [0.1, 0.15) is 12.4 Å². The van der Waals surface area contributed by atoms with Crippen molar-refractivity contribution in [3.05, 3.63) is 40.9 Å². The fraction of sp³-hybridized carbons (Fsp3) is 0.143. The van der Waals surface area contributed by atoms with E-state index in [-0.39, 0.29) is 24.7 Å². The monoisotopic (exact) mass is 288 g/mol. The number of phenolic OH excluding ortho intramolecular Hbond substituents is 1. The predicted molar refractivity (Wildman–Crippen MR) is 76.5 cm³/mol. The lowest BCUT2D eigenvalue weighted by molar-refractivity contribution is -0.115. The van der Waals surface area contributed by atoms with Crippen LogP contribution in [0.25, 0.3) is 0 Å². The van der Waals surface area contributed by atoms with Crippen molar-refractivity contribution < 1.29 is 15.0 Å². The molecular formula is C14H12N2O3S. The van der Waals surface area contributed by atoms with Crippen LogP contribution < -0.4 is 5.32 Å². The van der Waals surface area contributed by atoms with Crippen molar-refractivity contribution in [1.29, 1.82) is 0 Å². The number of aromatic nitrogens is 1. The van der Waals surface area contributed by atoms with Crippen LogP contribution in [0.15, 0.2) is 30.5 Å². The Kier molecular flexibility index (Phi) is 4.71. The summed E-state index contributed by atoms with van der Waals surface area (Å²) in [6.07, 6.45) is 1.70. The lowest BCUT2D eigenvalue weighted by Crippen LogP contribution is -2.13. The van der Waals surface area contributed by atoms with E-state index in [4.69, 9.17) is 5.11 Å². The fourth-order valence-corrected chi connectivity index (χ4v) is 2.24. The molecule has 0 atom stereocenters. The maximum atomic E-state index is 11.8. The van der Waals surface area contributed by atoms with Gasteiger partial charge >= 0.3 is 0 Å². The molecule has 0 aliphatic heterocycles. The number of aromatic hydroxyl groups is 1. The van der Waals surface area contributed by atoms with Crippen molar-refractivity contribution in [2.45, 2.75) is 6.42 Å². The van der Waals surface area contributed by atoms with Gasteiger partial charge in [-0.2, -0.15) is 0 Å². The smallest absolute Gasteiger partial charge is 0.230 e. The zero-order valence-electron chi connectivity index (χ0n) is 10.5. The minimum absolute atomic E-state index is 0.131. The van der Waals surface area contributed by atoms with Crippen LogP contribution in [0, 0.1) is 11.8 Å². The number of carbonyl (C=O) groups excluding carboxylic acids is 1. The molecule has 2 aromatic rings.